The van der Waals surface area contributed by atoms with Crippen LogP contribution in [0.25, 0.3) is 0 Å². The minimum absolute atomic E-state index is 0.331. The lowest BCUT2D eigenvalue weighted by atomic mass is 10.7. The van der Waals surface area contributed by atoms with Gasteiger partial charge in [-0.2, -0.15) is 0 Å². The molecule has 1 radical (unpaired) electrons. The van der Waals surface area contributed by atoms with Crippen molar-refractivity contribution in [3.8, 4) is 0 Å². The van der Waals surface area contributed by atoms with Gasteiger partial charge in [-0.05, 0) is 13.5 Å². The molecule has 0 atom stereocenters. The average molecular weight is 90.1 g/mol. The Morgan fingerprint density at radius 1 is 1.67 bits per heavy atom. The maximum absolute atomic E-state index is 7.96. The van der Waals surface area contributed by atoms with Gasteiger partial charge in [-0.3, -0.25) is 5.32 Å². The quantitative estimate of drug-likeness (QED) is 0.368. The Hall–Kier alpha value is -0.120. The summed E-state index contributed by atoms with van der Waals surface area (Å²) in [6.07, 6.45) is -1.41. The lowest BCUT2D eigenvalue weighted by molar-refractivity contribution is -0.0632. The number of hydrogen-bond acceptors (Lipinski definition) is 3. The van der Waals surface area contributed by atoms with Crippen LogP contribution in [0.2, 0.25) is 0 Å². The summed E-state index contributed by atoms with van der Waals surface area (Å²) in [7, 11) is 0. The molecule has 0 aliphatic heterocycles. The molecule has 0 bridgehead atoms. The zero-order chi connectivity index (χ0) is 4.99. The van der Waals surface area contributed by atoms with Gasteiger partial charge in [-0.15, -0.1) is 0 Å². The number of aliphatic hydroxyl groups is 2. The molecule has 0 saturated carbocycles. The molecule has 3 heteroatoms. The van der Waals surface area contributed by atoms with E-state index in [9.17, 15) is 0 Å². The molecule has 0 aliphatic carbocycles. The largest absolute Gasteiger partial charge is 0.356 e. The monoisotopic (exact) mass is 90.1 g/mol. The van der Waals surface area contributed by atoms with Gasteiger partial charge in [0.15, 0.2) is 0 Å². The van der Waals surface area contributed by atoms with Crippen LogP contribution in [0.4, 0.5) is 0 Å². The van der Waals surface area contributed by atoms with E-state index in [-0.39, 0.29) is 0 Å². The topological polar surface area (TPSA) is 52.5 Å². The lowest BCUT2D eigenvalue weighted by Gasteiger charge is -1.98. The van der Waals surface area contributed by atoms with E-state index >= 15 is 0 Å². The summed E-state index contributed by atoms with van der Waals surface area (Å²) >= 11 is 0. The van der Waals surface area contributed by atoms with Gasteiger partial charge in [0.05, 0.1) is 0 Å². The molecule has 0 unspecified atom stereocenters. The van der Waals surface area contributed by atoms with E-state index in [1.165, 1.54) is 0 Å². The third-order valence-electron chi connectivity index (χ3n) is 0.327. The van der Waals surface area contributed by atoms with Crippen LogP contribution >= 0.6 is 0 Å². The molecule has 6 heavy (non-hydrogen) atoms. The van der Waals surface area contributed by atoms with Crippen molar-refractivity contribution in [2.75, 3.05) is 6.54 Å². The molecular weight excluding hydrogens is 82.0 g/mol. The molecule has 0 aromatic carbocycles. The third-order valence-corrected chi connectivity index (χ3v) is 0.327. The minimum Gasteiger partial charge on any atom is -0.356 e. The predicted octanol–water partition coefficient (Wildman–Crippen LogP) is -1.32. The van der Waals surface area contributed by atoms with Crippen molar-refractivity contribution in [3.63, 3.8) is 0 Å². The Bertz CT molecular complexity index is 30.0. The van der Waals surface area contributed by atoms with E-state index in [0.29, 0.717) is 6.54 Å². The molecule has 0 saturated heterocycles. The predicted molar refractivity (Wildman–Crippen MR) is 21.6 cm³/mol. The van der Waals surface area contributed by atoms with E-state index in [4.69, 9.17) is 10.2 Å². The van der Waals surface area contributed by atoms with E-state index in [1.807, 2.05) is 0 Å². The highest BCUT2D eigenvalue weighted by Gasteiger charge is 1.85. The number of aliphatic hydroxyl groups excluding tert-OH is 1. The van der Waals surface area contributed by atoms with Crippen LogP contribution in [0, 0.1) is 6.92 Å². The smallest absolute Gasteiger partial charge is 0.210 e. The molecule has 0 amide bonds. The standard InChI is InChI=1S/C3H8NO2/c1-2-4-3(5)6/h3-6H,1-2H2. The number of nitrogens with one attached hydrogen (secondary N) is 1. The van der Waals surface area contributed by atoms with E-state index in [1.54, 1.807) is 0 Å². The summed E-state index contributed by atoms with van der Waals surface area (Å²) in [5, 5.41) is 18.1. The number of rotatable bonds is 2. The Labute approximate surface area is 36.6 Å². The van der Waals surface area contributed by atoms with Crippen LogP contribution in [-0.4, -0.2) is 23.2 Å². The van der Waals surface area contributed by atoms with Gasteiger partial charge in [0, 0.05) is 0 Å². The molecule has 0 fully saturated rings. The molecular formula is C3H8NO2. The third kappa shape index (κ3) is 3.88. The van der Waals surface area contributed by atoms with Crippen molar-refractivity contribution in [2.45, 2.75) is 6.41 Å². The van der Waals surface area contributed by atoms with Gasteiger partial charge in [0.2, 0.25) is 6.41 Å². The van der Waals surface area contributed by atoms with Crippen LogP contribution in [0.3, 0.4) is 0 Å². The first kappa shape index (κ1) is 5.88. The van der Waals surface area contributed by atoms with E-state index < -0.39 is 6.41 Å². The summed E-state index contributed by atoms with van der Waals surface area (Å²) < 4.78 is 0. The Kier molecular flexibility index (Phi) is 3.02. The van der Waals surface area contributed by atoms with Gasteiger partial charge in [0.1, 0.15) is 0 Å². The first-order chi connectivity index (χ1) is 2.77. The van der Waals surface area contributed by atoms with Gasteiger partial charge < -0.3 is 10.2 Å². The molecule has 0 aromatic heterocycles. The zero-order valence-corrected chi connectivity index (χ0v) is 3.39. The van der Waals surface area contributed by atoms with Crippen molar-refractivity contribution in [1.29, 1.82) is 0 Å². The molecule has 0 heterocycles. The van der Waals surface area contributed by atoms with Crippen molar-refractivity contribution < 1.29 is 10.2 Å². The van der Waals surface area contributed by atoms with Gasteiger partial charge in [-0.25, -0.2) is 0 Å². The molecule has 3 nitrogen and oxygen atoms in total. The maximum atomic E-state index is 7.96. The fourth-order valence-electron chi connectivity index (χ4n) is 0.129. The zero-order valence-electron chi connectivity index (χ0n) is 3.39. The van der Waals surface area contributed by atoms with E-state index in [2.05, 4.69) is 12.2 Å². The second-order valence-electron chi connectivity index (χ2n) is 0.828. The van der Waals surface area contributed by atoms with Crippen LogP contribution in [0.1, 0.15) is 0 Å². The molecule has 37 valence electrons. The fourth-order valence-corrected chi connectivity index (χ4v) is 0.129. The molecule has 0 spiro atoms. The second kappa shape index (κ2) is 3.08. The summed E-state index contributed by atoms with van der Waals surface area (Å²) in [6.45, 7) is 3.63. The second-order valence-corrected chi connectivity index (χ2v) is 0.828. The summed E-state index contributed by atoms with van der Waals surface area (Å²) in [5.74, 6) is 0. The van der Waals surface area contributed by atoms with Crippen molar-refractivity contribution in [3.05, 3.63) is 6.92 Å². The Morgan fingerprint density at radius 2 is 2.17 bits per heavy atom. The average Bonchev–Trinajstić information content (AvgIpc) is 1.35. The normalized spacial score (nSPS) is 10.0. The summed E-state index contributed by atoms with van der Waals surface area (Å²) in [5.41, 5.74) is 0. The van der Waals surface area contributed by atoms with E-state index in [0.717, 1.165) is 0 Å². The Balaban J connectivity index is 2.63. The van der Waals surface area contributed by atoms with Crippen LogP contribution in [-0.2, 0) is 0 Å². The fraction of sp³-hybridized carbons (Fsp3) is 0.667. The molecule has 0 aliphatic rings. The first-order valence-electron chi connectivity index (χ1n) is 1.66. The summed E-state index contributed by atoms with van der Waals surface area (Å²) in [6, 6.07) is 0. The van der Waals surface area contributed by atoms with Gasteiger partial charge in [-0.1, -0.05) is 0 Å². The SMILES string of the molecule is [CH2]CNC(O)O. The van der Waals surface area contributed by atoms with Crippen LogP contribution in [0.15, 0.2) is 0 Å². The minimum atomic E-state index is -1.41. The van der Waals surface area contributed by atoms with Crippen molar-refractivity contribution in [2.24, 2.45) is 0 Å². The molecule has 0 aromatic rings. The summed E-state index contributed by atoms with van der Waals surface area (Å²) in [4.78, 5) is 0. The van der Waals surface area contributed by atoms with Crippen molar-refractivity contribution >= 4 is 0 Å². The Morgan fingerprint density at radius 3 is 2.17 bits per heavy atom. The van der Waals surface area contributed by atoms with Crippen LogP contribution in [0.5, 0.6) is 0 Å². The number of hydrogen-bond donors (Lipinski definition) is 3. The molecule has 0 rings (SSSR count). The highest BCUT2D eigenvalue weighted by molar-refractivity contribution is 4.39. The first-order valence-corrected chi connectivity index (χ1v) is 1.66. The highest BCUT2D eigenvalue weighted by atomic mass is 16.5. The van der Waals surface area contributed by atoms with Gasteiger partial charge in [0.25, 0.3) is 0 Å². The maximum Gasteiger partial charge on any atom is 0.210 e. The highest BCUT2D eigenvalue weighted by Crippen LogP contribution is 1.58. The van der Waals surface area contributed by atoms with Crippen LogP contribution < -0.4 is 5.32 Å². The molecule has 3 N–H and O–H groups in total. The van der Waals surface area contributed by atoms with Gasteiger partial charge >= 0.3 is 0 Å². The lowest BCUT2D eigenvalue weighted by Crippen LogP contribution is -2.27. The van der Waals surface area contributed by atoms with Crippen molar-refractivity contribution in [1.82, 2.24) is 5.32 Å².